The smallest absolute Gasteiger partial charge is 0.305 e. The van der Waals surface area contributed by atoms with Crippen LogP contribution in [0.2, 0.25) is 0 Å². The van der Waals surface area contributed by atoms with Crippen LogP contribution in [0, 0.1) is 9.49 Å². The molecule has 1 aliphatic heterocycles. The molecule has 1 aliphatic rings. The lowest BCUT2D eigenvalue weighted by atomic mass is 9.99. The van der Waals surface area contributed by atoms with Crippen LogP contribution in [0.3, 0.4) is 0 Å². The maximum atomic E-state index is 13.8. The number of aliphatic carboxylic acids is 1. The molecule has 0 radical (unpaired) electrons. The first kappa shape index (κ1) is 35.1. The molecule has 3 rings (SSSR count). The van der Waals surface area contributed by atoms with Gasteiger partial charge in [-0.25, -0.2) is 0 Å². The van der Waals surface area contributed by atoms with Gasteiger partial charge in [0.15, 0.2) is 5.96 Å². The van der Waals surface area contributed by atoms with Crippen molar-refractivity contribution in [2.45, 2.75) is 63.7 Å². The molecular weight excluding hydrogens is 701 g/mol. The third kappa shape index (κ3) is 10.0. The lowest BCUT2D eigenvalue weighted by Gasteiger charge is -2.27. The number of aromatic amines is 1. The van der Waals surface area contributed by atoms with E-state index in [4.69, 9.17) is 11.5 Å². The van der Waals surface area contributed by atoms with Crippen molar-refractivity contribution >= 4 is 75.0 Å². The van der Waals surface area contributed by atoms with Gasteiger partial charge in [-0.05, 0) is 53.0 Å². The topological polar surface area (TPSA) is 263 Å². The first-order chi connectivity index (χ1) is 21.3. The van der Waals surface area contributed by atoms with Crippen LogP contribution >= 0.6 is 22.6 Å². The molecule has 0 unspecified atom stereocenters. The van der Waals surface area contributed by atoms with Crippen molar-refractivity contribution in [3.05, 3.63) is 33.5 Å². The molecule has 16 nitrogen and oxygen atoms in total. The molecule has 2 heterocycles. The minimum atomic E-state index is -1.56. The van der Waals surface area contributed by atoms with Gasteiger partial charge in [-0.3, -0.25) is 33.8 Å². The average Bonchev–Trinajstić information content (AvgIpc) is 3.38. The summed E-state index contributed by atoms with van der Waals surface area (Å²) in [5.74, 6) is -5.82. The number of guanidine groups is 1. The molecule has 11 N–H and O–H groups in total. The number of aliphatic imine (C=N–C) groups is 1. The zero-order chi connectivity index (χ0) is 33.3. The molecule has 0 spiro atoms. The Morgan fingerprint density at radius 1 is 0.978 bits per heavy atom. The van der Waals surface area contributed by atoms with Gasteiger partial charge >= 0.3 is 5.97 Å². The summed E-state index contributed by atoms with van der Waals surface area (Å²) in [5.41, 5.74) is 12.2. The Morgan fingerprint density at radius 2 is 1.67 bits per heavy atom. The number of rotatable bonds is 9. The second-order valence-electron chi connectivity index (χ2n) is 10.9. The SMILES string of the molecule is CC(C)[C@@H]1NC(=O)[C@@H](Cc2c[nH]c3c(I)cccc23)NC(=O)[C@H](CC(=O)O)NC(=O)CNC(=O)[C@H](CCCN=C(N)N)NC1=O. The van der Waals surface area contributed by atoms with E-state index in [1.54, 1.807) is 20.0 Å². The normalized spacial score (nSPS) is 21.9. The molecule has 244 valence electrons. The number of benzene rings is 1. The van der Waals surface area contributed by atoms with E-state index < -0.39 is 78.6 Å². The number of aromatic nitrogens is 1. The van der Waals surface area contributed by atoms with Crippen LogP contribution in [0.15, 0.2) is 29.4 Å². The van der Waals surface area contributed by atoms with Gasteiger partial charge < -0.3 is 48.1 Å². The Morgan fingerprint density at radius 3 is 2.33 bits per heavy atom. The standard InChI is InChI=1S/C28H38IN9O7/c1-13(2)22-27(45)36-17(7-4-8-32-28(30)31)24(42)34-12-20(39)35-19(10-21(40)41)25(43)37-18(26(44)38-22)9-14-11-33-23-15(14)5-3-6-16(23)29/h3,5-6,11,13,17-19,22,33H,4,7-10,12H2,1-2H3,(H,34,42)(H,35,39)(H,36,45)(H,37,43)(H,38,44)(H,40,41)(H4,30,31,32)/t17-,18+,19-,22-/m0/s1. The summed E-state index contributed by atoms with van der Waals surface area (Å²) < 4.78 is 0.934. The number of para-hydroxylation sites is 1. The Hall–Kier alpha value is -4.42. The summed E-state index contributed by atoms with van der Waals surface area (Å²) in [6, 6.07) is 0.530. The van der Waals surface area contributed by atoms with Crippen molar-refractivity contribution in [1.82, 2.24) is 31.6 Å². The van der Waals surface area contributed by atoms with Gasteiger partial charge in [-0.2, -0.15) is 0 Å². The van der Waals surface area contributed by atoms with Gasteiger partial charge in [0.25, 0.3) is 0 Å². The third-order valence-electron chi connectivity index (χ3n) is 7.09. The number of carboxylic acids is 1. The minimum absolute atomic E-state index is 0.0225. The Labute approximate surface area is 272 Å². The van der Waals surface area contributed by atoms with Crippen LogP contribution in [-0.2, 0) is 35.2 Å². The van der Waals surface area contributed by atoms with E-state index in [0.717, 1.165) is 14.5 Å². The molecule has 5 amide bonds. The molecule has 0 saturated carbocycles. The quantitative estimate of drug-likeness (QED) is 0.0631. The molecule has 45 heavy (non-hydrogen) atoms. The van der Waals surface area contributed by atoms with Crippen molar-refractivity contribution in [1.29, 1.82) is 0 Å². The number of nitrogens with one attached hydrogen (secondary N) is 6. The van der Waals surface area contributed by atoms with E-state index in [9.17, 15) is 33.9 Å². The van der Waals surface area contributed by atoms with Crippen molar-refractivity contribution in [3.8, 4) is 0 Å². The second-order valence-corrected chi connectivity index (χ2v) is 12.1. The van der Waals surface area contributed by atoms with E-state index in [-0.39, 0.29) is 25.3 Å². The Bertz CT molecular complexity index is 1470. The lowest BCUT2D eigenvalue weighted by Crippen LogP contribution is -2.59. The van der Waals surface area contributed by atoms with Crippen molar-refractivity contribution in [2.24, 2.45) is 22.4 Å². The molecule has 2 aromatic rings. The van der Waals surface area contributed by atoms with Crippen LogP contribution in [0.1, 0.15) is 38.7 Å². The maximum Gasteiger partial charge on any atom is 0.305 e. The number of hydrogen-bond donors (Lipinski definition) is 9. The van der Waals surface area contributed by atoms with E-state index in [2.05, 4.69) is 59.2 Å². The Kier molecular flexibility index (Phi) is 12.5. The van der Waals surface area contributed by atoms with Crippen LogP contribution in [0.4, 0.5) is 0 Å². The maximum absolute atomic E-state index is 13.8. The van der Waals surface area contributed by atoms with Crippen LogP contribution in [0.5, 0.6) is 0 Å². The highest BCUT2D eigenvalue weighted by molar-refractivity contribution is 14.1. The zero-order valence-corrected chi connectivity index (χ0v) is 27.0. The zero-order valence-electron chi connectivity index (χ0n) is 24.8. The highest BCUT2D eigenvalue weighted by Gasteiger charge is 2.34. The molecule has 0 bridgehead atoms. The van der Waals surface area contributed by atoms with Gasteiger partial charge in [0.1, 0.15) is 24.2 Å². The number of H-pyrrole nitrogens is 1. The summed E-state index contributed by atoms with van der Waals surface area (Å²) in [4.78, 5) is 85.0. The first-order valence-corrected chi connectivity index (χ1v) is 15.3. The fourth-order valence-electron chi connectivity index (χ4n) is 4.79. The molecule has 4 atom stereocenters. The van der Waals surface area contributed by atoms with Gasteiger partial charge in [0.05, 0.1) is 18.5 Å². The van der Waals surface area contributed by atoms with E-state index in [1.807, 2.05) is 18.2 Å². The summed E-state index contributed by atoms with van der Waals surface area (Å²) in [6.45, 7) is 2.97. The number of nitrogens with two attached hydrogens (primary N) is 2. The molecule has 1 aromatic heterocycles. The lowest BCUT2D eigenvalue weighted by molar-refractivity contribution is -0.141. The number of nitrogens with zero attached hydrogens (tertiary/aromatic N) is 1. The van der Waals surface area contributed by atoms with Crippen molar-refractivity contribution in [3.63, 3.8) is 0 Å². The number of halogens is 1. The van der Waals surface area contributed by atoms with Crippen LogP contribution in [0.25, 0.3) is 10.9 Å². The molecule has 1 aromatic carbocycles. The highest BCUT2D eigenvalue weighted by Crippen LogP contribution is 2.24. The summed E-state index contributed by atoms with van der Waals surface area (Å²) in [7, 11) is 0. The predicted molar refractivity (Wildman–Crippen MR) is 172 cm³/mol. The summed E-state index contributed by atoms with van der Waals surface area (Å²) in [5, 5.41) is 22.9. The average molecular weight is 740 g/mol. The second kappa shape index (κ2) is 16.1. The monoisotopic (exact) mass is 739 g/mol. The van der Waals surface area contributed by atoms with Crippen molar-refractivity contribution < 1.29 is 33.9 Å². The van der Waals surface area contributed by atoms with Crippen molar-refractivity contribution in [2.75, 3.05) is 13.1 Å². The number of carboxylic acid groups (broad SMARTS) is 1. The van der Waals surface area contributed by atoms with E-state index >= 15 is 0 Å². The van der Waals surface area contributed by atoms with Gasteiger partial charge in [0, 0.05) is 28.1 Å². The Balaban J connectivity index is 1.98. The summed E-state index contributed by atoms with van der Waals surface area (Å²) >= 11 is 2.17. The van der Waals surface area contributed by atoms with E-state index in [1.165, 1.54) is 0 Å². The van der Waals surface area contributed by atoms with Crippen LogP contribution in [-0.4, -0.2) is 88.8 Å². The van der Waals surface area contributed by atoms with Gasteiger partial charge in [-0.1, -0.05) is 26.0 Å². The molecule has 17 heteroatoms. The fraction of sp³-hybridized carbons (Fsp3) is 0.464. The highest BCUT2D eigenvalue weighted by atomic mass is 127. The molecule has 1 saturated heterocycles. The number of carbonyl (C=O) groups excluding carboxylic acids is 5. The first-order valence-electron chi connectivity index (χ1n) is 14.3. The molecular formula is C28H38IN9O7. The van der Waals surface area contributed by atoms with Gasteiger partial charge in [-0.15, -0.1) is 0 Å². The van der Waals surface area contributed by atoms with Crippen LogP contribution < -0.4 is 38.1 Å². The number of fused-ring (bicyclic) bond motifs is 1. The predicted octanol–water partition coefficient (Wildman–Crippen LogP) is -1.43. The van der Waals surface area contributed by atoms with Gasteiger partial charge in [0.2, 0.25) is 29.5 Å². The number of carbonyl (C=O) groups is 6. The number of amides is 5. The minimum Gasteiger partial charge on any atom is -0.481 e. The number of hydrogen-bond acceptors (Lipinski definition) is 7. The largest absolute Gasteiger partial charge is 0.481 e. The molecule has 1 fully saturated rings. The van der Waals surface area contributed by atoms with E-state index in [0.29, 0.717) is 12.0 Å². The third-order valence-corrected chi connectivity index (χ3v) is 7.99. The fourth-order valence-corrected chi connectivity index (χ4v) is 5.44. The molecule has 0 aliphatic carbocycles. The summed E-state index contributed by atoms with van der Waals surface area (Å²) in [6.07, 6.45) is 1.29.